The van der Waals surface area contributed by atoms with Crippen molar-refractivity contribution in [3.8, 4) is 6.07 Å². The van der Waals surface area contributed by atoms with E-state index < -0.39 is 5.41 Å². The third kappa shape index (κ3) is 3.69. The van der Waals surface area contributed by atoms with E-state index in [-0.39, 0.29) is 35.8 Å². The number of benzene rings is 1. The highest BCUT2D eigenvalue weighted by Crippen LogP contribution is 2.64. The standard InChI is InChI=1S/C22H25BrN2O3/c23-22-12-16-9-17(13-22)11-21(10-16,15-22)20(27)28-14-19(26)25(8-4-7-24)18-5-2-1-3-6-18/h1-3,5-6,16-17H,4,8-15H2/t16-,17-,21?,22?/m1/s1. The molecule has 0 spiro atoms. The summed E-state index contributed by atoms with van der Waals surface area (Å²) in [4.78, 5) is 27.4. The second-order valence-corrected chi connectivity index (χ2v) is 10.4. The molecule has 4 aliphatic rings. The second-order valence-electron chi connectivity index (χ2n) is 8.76. The van der Waals surface area contributed by atoms with Crippen LogP contribution in [0, 0.1) is 28.6 Å². The predicted octanol–water partition coefficient (Wildman–Crippen LogP) is 4.21. The van der Waals surface area contributed by atoms with Crippen LogP contribution in [-0.4, -0.2) is 29.4 Å². The quantitative estimate of drug-likeness (QED) is 0.486. The Bertz CT molecular complexity index is 790. The van der Waals surface area contributed by atoms with E-state index in [2.05, 4.69) is 22.0 Å². The number of rotatable bonds is 6. The minimum atomic E-state index is -0.432. The molecule has 0 radical (unpaired) electrons. The van der Waals surface area contributed by atoms with Gasteiger partial charge in [-0.2, -0.15) is 5.26 Å². The Kier molecular flexibility index (Phi) is 5.22. The van der Waals surface area contributed by atoms with Crippen molar-refractivity contribution in [2.24, 2.45) is 17.3 Å². The Morgan fingerprint density at radius 1 is 1.18 bits per heavy atom. The third-order valence-electron chi connectivity index (χ3n) is 6.57. The van der Waals surface area contributed by atoms with Crippen molar-refractivity contribution in [3.63, 3.8) is 0 Å². The monoisotopic (exact) mass is 444 g/mol. The SMILES string of the molecule is N#CCCN(C(=O)COC(=O)C12C[C@H]3C[C@@H](CC(Br)(C3)C1)C2)c1ccccc1. The molecule has 1 aromatic carbocycles. The summed E-state index contributed by atoms with van der Waals surface area (Å²) in [7, 11) is 0. The topological polar surface area (TPSA) is 70.4 Å². The molecule has 6 heteroatoms. The van der Waals surface area contributed by atoms with E-state index in [4.69, 9.17) is 10.00 Å². The van der Waals surface area contributed by atoms with Gasteiger partial charge < -0.3 is 9.64 Å². The van der Waals surface area contributed by atoms with Crippen LogP contribution in [0.1, 0.15) is 44.9 Å². The molecule has 1 amide bonds. The largest absolute Gasteiger partial charge is 0.455 e. The summed E-state index contributed by atoms with van der Waals surface area (Å²) >= 11 is 3.91. The lowest BCUT2D eigenvalue weighted by Gasteiger charge is -2.58. The Morgan fingerprint density at radius 2 is 1.86 bits per heavy atom. The fourth-order valence-corrected chi connectivity index (χ4v) is 7.37. The molecule has 0 N–H and O–H groups in total. The summed E-state index contributed by atoms with van der Waals surface area (Å²) in [6, 6.07) is 11.3. The number of ether oxygens (including phenoxy) is 1. The first-order valence-corrected chi connectivity index (χ1v) is 10.8. The Morgan fingerprint density at radius 3 is 2.46 bits per heavy atom. The number of hydrogen-bond donors (Lipinski definition) is 0. The van der Waals surface area contributed by atoms with Gasteiger partial charge in [0.15, 0.2) is 6.61 Å². The molecular weight excluding hydrogens is 420 g/mol. The Hall–Kier alpha value is -1.87. The normalized spacial score (nSPS) is 32.6. The number of amides is 1. The van der Waals surface area contributed by atoms with E-state index in [1.807, 2.05) is 30.3 Å². The van der Waals surface area contributed by atoms with Gasteiger partial charge in [0.05, 0.1) is 17.9 Å². The van der Waals surface area contributed by atoms with Crippen LogP contribution in [0.15, 0.2) is 30.3 Å². The van der Waals surface area contributed by atoms with Gasteiger partial charge >= 0.3 is 5.97 Å². The number of carbonyl (C=O) groups excluding carboxylic acids is 2. The molecule has 0 aromatic heterocycles. The molecule has 5 rings (SSSR count). The van der Waals surface area contributed by atoms with Crippen molar-refractivity contribution in [1.29, 1.82) is 5.26 Å². The highest BCUT2D eigenvalue weighted by Gasteiger charge is 2.60. The van der Waals surface area contributed by atoms with Gasteiger partial charge in [-0.25, -0.2) is 0 Å². The van der Waals surface area contributed by atoms with Crippen molar-refractivity contribution in [3.05, 3.63) is 30.3 Å². The predicted molar refractivity (Wildman–Crippen MR) is 109 cm³/mol. The summed E-state index contributed by atoms with van der Waals surface area (Å²) in [5.74, 6) is 0.667. The maximum atomic E-state index is 13.1. The van der Waals surface area contributed by atoms with Crippen LogP contribution in [0.25, 0.3) is 0 Å². The average molecular weight is 445 g/mol. The molecule has 4 fully saturated rings. The number of hydrogen-bond acceptors (Lipinski definition) is 4. The van der Waals surface area contributed by atoms with Gasteiger partial charge in [-0.05, 0) is 62.5 Å². The molecule has 0 aliphatic heterocycles. The Labute approximate surface area is 174 Å². The lowest BCUT2D eigenvalue weighted by molar-refractivity contribution is -0.171. The van der Waals surface area contributed by atoms with Crippen LogP contribution in [-0.2, 0) is 14.3 Å². The summed E-state index contributed by atoms with van der Waals surface area (Å²) in [5.41, 5.74) is 0.283. The first-order chi connectivity index (χ1) is 13.4. The van der Waals surface area contributed by atoms with Gasteiger partial charge in [-0.3, -0.25) is 9.59 Å². The first-order valence-electron chi connectivity index (χ1n) is 10.0. The van der Waals surface area contributed by atoms with Crippen molar-refractivity contribution in [2.45, 2.75) is 49.3 Å². The van der Waals surface area contributed by atoms with E-state index in [0.29, 0.717) is 17.5 Å². The van der Waals surface area contributed by atoms with Gasteiger partial charge in [-0.1, -0.05) is 34.1 Å². The highest BCUT2D eigenvalue weighted by molar-refractivity contribution is 9.10. The molecule has 0 unspecified atom stereocenters. The van der Waals surface area contributed by atoms with E-state index in [9.17, 15) is 9.59 Å². The highest BCUT2D eigenvalue weighted by atomic mass is 79.9. The summed E-state index contributed by atoms with van der Waals surface area (Å²) in [6.45, 7) is 0.0161. The fraction of sp³-hybridized carbons (Fsp3) is 0.591. The fourth-order valence-electron chi connectivity index (χ4n) is 5.92. The van der Waals surface area contributed by atoms with Gasteiger partial charge in [0.1, 0.15) is 0 Å². The molecule has 28 heavy (non-hydrogen) atoms. The number of halogens is 1. The molecule has 2 atom stereocenters. The maximum absolute atomic E-state index is 13.1. The van der Waals surface area contributed by atoms with Gasteiger partial charge in [0.25, 0.3) is 5.91 Å². The maximum Gasteiger partial charge on any atom is 0.312 e. The van der Waals surface area contributed by atoms with Crippen LogP contribution in [0.4, 0.5) is 5.69 Å². The molecule has 0 saturated heterocycles. The minimum absolute atomic E-state index is 0.0724. The van der Waals surface area contributed by atoms with E-state index in [1.165, 1.54) is 11.3 Å². The first kappa shape index (κ1) is 19.4. The minimum Gasteiger partial charge on any atom is -0.455 e. The number of carbonyl (C=O) groups is 2. The van der Waals surface area contributed by atoms with Crippen molar-refractivity contribution in [2.75, 3.05) is 18.1 Å². The van der Waals surface area contributed by atoms with Gasteiger partial charge in [0, 0.05) is 16.6 Å². The van der Waals surface area contributed by atoms with E-state index >= 15 is 0 Å². The zero-order valence-corrected chi connectivity index (χ0v) is 17.5. The smallest absolute Gasteiger partial charge is 0.312 e. The number of para-hydroxylation sites is 1. The number of nitriles is 1. The number of esters is 1. The summed E-state index contributed by atoms with van der Waals surface area (Å²) in [5, 5.41) is 8.90. The molecule has 148 valence electrons. The van der Waals surface area contributed by atoms with Gasteiger partial charge in [-0.15, -0.1) is 0 Å². The zero-order chi connectivity index (χ0) is 19.8. The summed E-state index contributed by atoms with van der Waals surface area (Å²) < 4.78 is 5.65. The van der Waals surface area contributed by atoms with Crippen LogP contribution < -0.4 is 4.90 Å². The van der Waals surface area contributed by atoms with Crippen LogP contribution in [0.5, 0.6) is 0 Å². The Balaban J connectivity index is 1.42. The molecule has 4 saturated carbocycles. The third-order valence-corrected chi connectivity index (χ3v) is 7.49. The molecule has 4 aliphatic carbocycles. The number of alkyl halides is 1. The average Bonchev–Trinajstić information content (AvgIpc) is 2.65. The molecule has 4 bridgehead atoms. The summed E-state index contributed by atoms with van der Waals surface area (Å²) in [6.07, 6.45) is 6.34. The molecular formula is C22H25BrN2O3. The lowest BCUT2D eigenvalue weighted by atomic mass is 9.49. The molecule has 5 nitrogen and oxygen atoms in total. The zero-order valence-electron chi connectivity index (χ0n) is 15.9. The van der Waals surface area contributed by atoms with Crippen molar-refractivity contribution in [1.82, 2.24) is 0 Å². The second kappa shape index (κ2) is 7.51. The number of nitrogens with zero attached hydrogens (tertiary/aromatic N) is 2. The van der Waals surface area contributed by atoms with Crippen LogP contribution in [0.3, 0.4) is 0 Å². The van der Waals surface area contributed by atoms with Crippen LogP contribution in [0.2, 0.25) is 0 Å². The lowest BCUT2D eigenvalue weighted by Crippen LogP contribution is -2.56. The van der Waals surface area contributed by atoms with Crippen LogP contribution >= 0.6 is 15.9 Å². The number of anilines is 1. The van der Waals surface area contributed by atoms with E-state index in [1.54, 1.807) is 0 Å². The van der Waals surface area contributed by atoms with Crippen molar-refractivity contribution >= 4 is 33.5 Å². The van der Waals surface area contributed by atoms with E-state index in [0.717, 1.165) is 32.1 Å². The van der Waals surface area contributed by atoms with Crippen molar-refractivity contribution < 1.29 is 14.3 Å². The molecule has 0 heterocycles. The van der Waals surface area contributed by atoms with Gasteiger partial charge in [0.2, 0.25) is 0 Å². The molecule has 1 aromatic rings.